The molecule has 4 heterocycles. The van der Waals surface area contributed by atoms with Gasteiger partial charge in [0, 0.05) is 45.8 Å². The van der Waals surface area contributed by atoms with Gasteiger partial charge in [-0.15, -0.1) is 0 Å². The van der Waals surface area contributed by atoms with E-state index in [2.05, 4.69) is 130 Å². The van der Waals surface area contributed by atoms with Crippen molar-refractivity contribution in [3.63, 3.8) is 0 Å². The Kier molecular flexibility index (Phi) is 6.06. The van der Waals surface area contributed by atoms with E-state index in [0.717, 1.165) is 66.8 Å². The predicted molar refractivity (Wildman–Crippen MR) is 189 cm³/mol. The summed E-state index contributed by atoms with van der Waals surface area (Å²) < 4.78 is 2.26. The van der Waals surface area contributed by atoms with Crippen LogP contribution >= 0.6 is 0 Å². The summed E-state index contributed by atoms with van der Waals surface area (Å²) in [5, 5.41) is 2.09. The summed E-state index contributed by atoms with van der Waals surface area (Å²) in [4.78, 5) is 16.9. The van der Waals surface area contributed by atoms with Gasteiger partial charge in [0.05, 0.1) is 27.8 Å². The van der Waals surface area contributed by atoms with Crippen molar-refractivity contribution >= 4 is 55.5 Å². The van der Waals surface area contributed by atoms with Crippen molar-refractivity contribution in [3.05, 3.63) is 164 Å². The van der Waals surface area contributed by atoms with Crippen LogP contribution in [0.15, 0.2) is 164 Å². The molecule has 0 bridgehead atoms. The Hall–Kier alpha value is -6.33. The summed E-state index contributed by atoms with van der Waals surface area (Å²) in [5.41, 5.74) is 12.5. The molecule has 0 saturated heterocycles. The quantitative estimate of drug-likeness (QED) is 0.187. The predicted octanol–water partition coefficient (Wildman–Crippen LogP) is 10.4. The van der Waals surface area contributed by atoms with Gasteiger partial charge in [0.2, 0.25) is 0 Å². The zero-order chi connectivity index (χ0) is 30.5. The Morgan fingerprint density at radius 3 is 2.07 bits per heavy atom. The largest absolute Gasteiger partial charge is 0.310 e. The van der Waals surface area contributed by atoms with Gasteiger partial charge in [-0.1, -0.05) is 72.8 Å². The third kappa shape index (κ3) is 4.29. The standard InChI is InChI=1S/C41H27N5/c1-2-10-28(11-3-1)29-18-20-31(21-19-29)45(32-13-8-12-30(26-32)36-15-6-7-24-42-36)33-22-23-38-35(27-33)40-34(14-9-25-43-40)41-44-37-16-4-5-17-39(37)46(38)41/h1-27H. The molecule has 46 heavy (non-hydrogen) atoms. The molecule has 9 aromatic rings. The van der Waals surface area contributed by atoms with E-state index in [-0.39, 0.29) is 0 Å². The maximum atomic E-state index is 5.02. The second-order valence-corrected chi connectivity index (χ2v) is 11.4. The minimum absolute atomic E-state index is 0.918. The van der Waals surface area contributed by atoms with Crippen LogP contribution < -0.4 is 4.90 Å². The number of para-hydroxylation sites is 2. The molecular weight excluding hydrogens is 562 g/mol. The Bertz CT molecular complexity index is 2520. The van der Waals surface area contributed by atoms with Gasteiger partial charge in [0.25, 0.3) is 0 Å². The molecule has 0 atom stereocenters. The van der Waals surface area contributed by atoms with Gasteiger partial charge in [-0.25, -0.2) is 4.98 Å². The number of hydrogen-bond acceptors (Lipinski definition) is 4. The van der Waals surface area contributed by atoms with Crippen molar-refractivity contribution in [2.45, 2.75) is 0 Å². The average molecular weight is 590 g/mol. The van der Waals surface area contributed by atoms with Gasteiger partial charge in [-0.3, -0.25) is 14.4 Å². The van der Waals surface area contributed by atoms with E-state index in [9.17, 15) is 0 Å². The first kappa shape index (κ1) is 26.1. The molecule has 5 nitrogen and oxygen atoms in total. The fourth-order valence-electron chi connectivity index (χ4n) is 6.52. The van der Waals surface area contributed by atoms with E-state index >= 15 is 0 Å². The fraction of sp³-hybridized carbons (Fsp3) is 0. The van der Waals surface area contributed by atoms with E-state index in [0.29, 0.717) is 0 Å². The number of benzene rings is 5. The van der Waals surface area contributed by atoms with Crippen LogP contribution in [0.3, 0.4) is 0 Å². The number of aromatic nitrogens is 4. The first-order valence-corrected chi connectivity index (χ1v) is 15.4. The zero-order valence-corrected chi connectivity index (χ0v) is 24.8. The molecule has 0 N–H and O–H groups in total. The van der Waals surface area contributed by atoms with Crippen LogP contribution in [0.25, 0.3) is 60.9 Å². The number of imidazole rings is 1. The van der Waals surface area contributed by atoms with Gasteiger partial charge < -0.3 is 4.90 Å². The molecule has 0 spiro atoms. The van der Waals surface area contributed by atoms with Gasteiger partial charge in [0.15, 0.2) is 0 Å². The molecule has 0 unspecified atom stereocenters. The summed E-state index contributed by atoms with van der Waals surface area (Å²) in [5.74, 6) is 0. The first-order chi connectivity index (χ1) is 22.8. The summed E-state index contributed by atoms with van der Waals surface area (Å²) in [6.45, 7) is 0. The van der Waals surface area contributed by atoms with Crippen LogP contribution in [0, 0.1) is 0 Å². The van der Waals surface area contributed by atoms with Crippen LogP contribution in [-0.2, 0) is 0 Å². The topological polar surface area (TPSA) is 46.3 Å². The lowest BCUT2D eigenvalue weighted by Crippen LogP contribution is -2.10. The van der Waals surface area contributed by atoms with Crippen LogP contribution in [0.5, 0.6) is 0 Å². The number of anilines is 3. The summed E-state index contributed by atoms with van der Waals surface area (Å²) >= 11 is 0. The number of rotatable bonds is 5. The van der Waals surface area contributed by atoms with Crippen molar-refractivity contribution in [1.82, 2.24) is 19.4 Å². The molecular formula is C41H27N5. The number of pyridine rings is 3. The number of fused-ring (bicyclic) bond motifs is 8. The highest BCUT2D eigenvalue weighted by atomic mass is 15.1. The monoisotopic (exact) mass is 589 g/mol. The molecule has 0 saturated carbocycles. The van der Waals surface area contributed by atoms with Crippen molar-refractivity contribution in [3.8, 4) is 22.4 Å². The molecule has 5 aromatic carbocycles. The lowest BCUT2D eigenvalue weighted by Gasteiger charge is -2.27. The Balaban J connectivity index is 1.28. The number of hydrogen-bond donors (Lipinski definition) is 0. The smallest absolute Gasteiger partial charge is 0.147 e. The molecule has 0 aliphatic carbocycles. The number of nitrogens with zero attached hydrogens (tertiary/aromatic N) is 5. The van der Waals surface area contributed by atoms with Gasteiger partial charge >= 0.3 is 0 Å². The Morgan fingerprint density at radius 2 is 1.20 bits per heavy atom. The maximum Gasteiger partial charge on any atom is 0.147 e. The first-order valence-electron chi connectivity index (χ1n) is 15.4. The zero-order valence-electron chi connectivity index (χ0n) is 24.8. The normalized spacial score (nSPS) is 11.5. The molecule has 0 fully saturated rings. The Morgan fingerprint density at radius 1 is 0.457 bits per heavy atom. The van der Waals surface area contributed by atoms with Crippen molar-refractivity contribution in [1.29, 1.82) is 0 Å². The molecule has 0 amide bonds. The van der Waals surface area contributed by atoms with Crippen molar-refractivity contribution in [2.75, 3.05) is 4.90 Å². The molecule has 0 aliphatic heterocycles. The summed E-state index contributed by atoms with van der Waals surface area (Å²) in [6.07, 6.45) is 3.70. The van der Waals surface area contributed by atoms with Crippen LogP contribution in [-0.4, -0.2) is 19.4 Å². The van der Waals surface area contributed by atoms with Crippen LogP contribution in [0.4, 0.5) is 17.1 Å². The van der Waals surface area contributed by atoms with E-state index in [1.54, 1.807) is 0 Å². The van der Waals surface area contributed by atoms with Crippen LogP contribution in [0.2, 0.25) is 0 Å². The fourth-order valence-corrected chi connectivity index (χ4v) is 6.52. The van der Waals surface area contributed by atoms with E-state index in [4.69, 9.17) is 9.97 Å². The van der Waals surface area contributed by atoms with E-state index in [1.165, 1.54) is 11.1 Å². The highest BCUT2D eigenvalue weighted by molar-refractivity contribution is 6.13. The van der Waals surface area contributed by atoms with E-state index in [1.807, 2.05) is 48.8 Å². The highest BCUT2D eigenvalue weighted by Gasteiger charge is 2.18. The average Bonchev–Trinajstić information content (AvgIpc) is 3.53. The molecule has 216 valence electrons. The van der Waals surface area contributed by atoms with Crippen molar-refractivity contribution < 1.29 is 0 Å². The Labute approximate surface area is 265 Å². The second kappa shape index (κ2) is 10.7. The molecule has 0 aliphatic rings. The van der Waals surface area contributed by atoms with Crippen LogP contribution in [0.1, 0.15) is 0 Å². The lowest BCUT2D eigenvalue weighted by molar-refractivity contribution is 1.27. The van der Waals surface area contributed by atoms with Gasteiger partial charge in [0.1, 0.15) is 5.65 Å². The summed E-state index contributed by atoms with van der Waals surface area (Å²) in [6, 6.07) is 52.9. The second-order valence-electron chi connectivity index (χ2n) is 11.4. The van der Waals surface area contributed by atoms with E-state index < -0.39 is 0 Å². The minimum Gasteiger partial charge on any atom is -0.310 e. The molecule has 5 heteroatoms. The van der Waals surface area contributed by atoms with Gasteiger partial charge in [-0.05, 0) is 90.0 Å². The summed E-state index contributed by atoms with van der Waals surface area (Å²) in [7, 11) is 0. The maximum absolute atomic E-state index is 5.02. The third-order valence-corrected chi connectivity index (χ3v) is 8.64. The molecule has 9 rings (SSSR count). The van der Waals surface area contributed by atoms with Crippen molar-refractivity contribution in [2.24, 2.45) is 0 Å². The highest BCUT2D eigenvalue weighted by Crippen LogP contribution is 2.40. The SMILES string of the molecule is c1ccc(-c2ccc(N(c3cccc(-c4ccccn4)c3)c3ccc4c(c3)c3ncccc3c3nc5ccccc5n43)cc2)cc1. The third-order valence-electron chi connectivity index (χ3n) is 8.64. The lowest BCUT2D eigenvalue weighted by atomic mass is 10.0. The minimum atomic E-state index is 0.918. The molecule has 0 radical (unpaired) electrons. The molecule has 4 aromatic heterocycles. The van der Waals surface area contributed by atoms with Gasteiger partial charge in [-0.2, -0.15) is 0 Å².